The minimum atomic E-state index is -2.05. The average Bonchev–Trinajstić information content (AvgIpc) is 1.59. The Morgan fingerprint density at radius 1 is 0.395 bits per heavy atom. The van der Waals surface area contributed by atoms with E-state index >= 15 is 0 Å². The lowest BCUT2D eigenvalue weighted by Crippen LogP contribution is -2.40. The number of benzene rings is 10. The molecule has 4 unspecified atom stereocenters. The molecule has 119 heavy (non-hydrogen) atoms. The van der Waals surface area contributed by atoms with Gasteiger partial charge in [0, 0.05) is 84.2 Å². The van der Waals surface area contributed by atoms with Crippen molar-refractivity contribution in [1.29, 1.82) is 0 Å². The van der Waals surface area contributed by atoms with Gasteiger partial charge < -0.3 is 61.2 Å². The smallest absolute Gasteiger partial charge is 0.264 e. The molecule has 0 spiro atoms. The van der Waals surface area contributed by atoms with Gasteiger partial charge in [-0.05, 0) is 118 Å². The number of carbonyl (C=O) groups is 10. The van der Waals surface area contributed by atoms with E-state index in [0.29, 0.717) is 98.8 Å². The molecule has 15 rings (SSSR count). The van der Waals surface area contributed by atoms with Gasteiger partial charge in [-0.25, -0.2) is 0 Å². The van der Waals surface area contributed by atoms with Crippen molar-refractivity contribution in [1.82, 2.24) is 0 Å². The second-order valence-corrected chi connectivity index (χ2v) is 31.7. The number of nitrogens with zero attached hydrogens (tertiary/aromatic N) is 1. The van der Waals surface area contributed by atoms with Crippen LogP contribution in [0.1, 0.15) is 133 Å². The number of allylic oxidation sites excluding steroid dienone is 1. The molecule has 9 N–H and O–H groups in total. The first-order valence-corrected chi connectivity index (χ1v) is 39.3. The van der Waals surface area contributed by atoms with Crippen molar-refractivity contribution in [2.45, 2.75) is 82.2 Å². The number of methoxy groups -OCH3 is 2. The number of hydrogen-bond donors (Lipinski definition) is 9. The molecule has 5 amide bonds. The zero-order valence-corrected chi connectivity index (χ0v) is 70.3. The summed E-state index contributed by atoms with van der Waals surface area (Å²) >= 11 is 49.1. The molecular formula is C89H73Cl8N5O17. The number of ether oxygens (including phenoxy) is 2. The Hall–Kier alpha value is -10.6. The van der Waals surface area contributed by atoms with Crippen molar-refractivity contribution in [3.8, 4) is 11.5 Å². The number of aryl methyl sites for hydroxylation is 4. The van der Waals surface area contributed by atoms with Crippen molar-refractivity contribution in [2.24, 2.45) is 0 Å². The van der Waals surface area contributed by atoms with Crippen LogP contribution in [0.4, 0.5) is 28.4 Å². The molecule has 0 fully saturated rings. The fourth-order valence-corrected chi connectivity index (χ4v) is 16.2. The van der Waals surface area contributed by atoms with E-state index in [4.69, 9.17) is 102 Å². The van der Waals surface area contributed by atoms with Crippen LogP contribution in [0.15, 0.2) is 188 Å². The van der Waals surface area contributed by atoms with Crippen LogP contribution in [0.25, 0.3) is 5.57 Å². The number of anilines is 5. The number of hydrogen-bond acceptors (Lipinski definition) is 17. The Labute approximate surface area is 722 Å². The number of halogens is 8. The molecule has 5 heterocycles. The molecule has 0 aromatic heterocycles. The maximum Gasteiger partial charge on any atom is 0.264 e. The third-order valence-electron chi connectivity index (χ3n) is 20.5. The highest BCUT2D eigenvalue weighted by molar-refractivity contribution is 6.45. The molecule has 0 bridgehead atoms. The number of aliphatic hydroxyl groups is 5. The van der Waals surface area contributed by atoms with Crippen LogP contribution >= 0.6 is 92.8 Å². The molecule has 0 radical (unpaired) electrons. The van der Waals surface area contributed by atoms with Crippen molar-refractivity contribution in [2.75, 3.05) is 54.0 Å². The maximum absolute atomic E-state index is 12.7. The zero-order valence-electron chi connectivity index (χ0n) is 64.2. The summed E-state index contributed by atoms with van der Waals surface area (Å²) in [5.74, 6) is -3.55. The van der Waals surface area contributed by atoms with Gasteiger partial charge in [0.25, 0.3) is 23.6 Å². The van der Waals surface area contributed by atoms with E-state index in [1.54, 1.807) is 152 Å². The summed E-state index contributed by atoms with van der Waals surface area (Å²) in [6.07, 6.45) is -0.154. The summed E-state index contributed by atoms with van der Waals surface area (Å²) in [6.45, 7) is 6.73. The minimum Gasteiger partial charge on any atom is -0.497 e. The summed E-state index contributed by atoms with van der Waals surface area (Å²) in [5, 5.41) is 65.1. The molecule has 0 saturated heterocycles. The Bertz CT molecular complexity index is 5830. The first-order chi connectivity index (χ1) is 56.4. The summed E-state index contributed by atoms with van der Waals surface area (Å²) in [7, 11) is 4.47. The highest BCUT2D eigenvalue weighted by Crippen LogP contribution is 2.53. The molecule has 10 aromatic carbocycles. The minimum absolute atomic E-state index is 0.150. The van der Waals surface area contributed by atoms with Gasteiger partial charge in [0.2, 0.25) is 5.91 Å². The average molecular weight is 1770 g/mol. The van der Waals surface area contributed by atoms with Crippen LogP contribution in [0.2, 0.25) is 40.2 Å². The number of Topliss-reactive ketones (excluding diaryl/α,β-unsaturated/α-hetero) is 4. The molecular weight excluding hydrogens is 1690 g/mol. The van der Waals surface area contributed by atoms with Gasteiger partial charge >= 0.3 is 0 Å². The molecule has 5 aliphatic rings. The SMILES string of the molecule is COc1ccc(C(=O)CC2(CO)C(=O)Nc3c(Cl)ccc(Cl)c32)cc1.COc1ccc(CO)c2c1NC(=O)C2(O)CC(=O)c1ccc(C)cc1.Cc1ccc(C(=O)/C=C2\C(=O)Nc3c(Cl)ccc(Cl)c32)cc1.Cc1ccc(C(=O)CC2(O)C(=O)N(C)c3c(Cl)ccc(Cl)c32)cc1.Cc1ccc(C(=O)CC2(O)C(=O)Nc3c(Cl)ccc(Cl)c32)cc1. The van der Waals surface area contributed by atoms with Gasteiger partial charge in [0.1, 0.15) is 16.9 Å². The molecule has 0 saturated carbocycles. The van der Waals surface area contributed by atoms with E-state index in [1.807, 2.05) is 39.8 Å². The van der Waals surface area contributed by atoms with Crippen molar-refractivity contribution in [3.63, 3.8) is 0 Å². The molecule has 22 nitrogen and oxygen atoms in total. The van der Waals surface area contributed by atoms with E-state index in [0.717, 1.165) is 22.3 Å². The first kappa shape index (κ1) is 89.2. The fourth-order valence-electron chi connectivity index (χ4n) is 14.1. The van der Waals surface area contributed by atoms with Gasteiger partial charge in [-0.3, -0.25) is 47.9 Å². The van der Waals surface area contributed by atoms with Gasteiger partial charge in [-0.1, -0.05) is 218 Å². The van der Waals surface area contributed by atoms with E-state index in [9.17, 15) is 73.5 Å². The predicted molar refractivity (Wildman–Crippen MR) is 459 cm³/mol. The molecule has 0 aliphatic carbocycles. The van der Waals surface area contributed by atoms with Crippen LogP contribution < -0.4 is 35.6 Å². The van der Waals surface area contributed by atoms with Crippen LogP contribution in [-0.4, -0.2) is 112 Å². The van der Waals surface area contributed by atoms with Crippen molar-refractivity contribution in [3.05, 3.63) is 312 Å². The molecule has 10 aromatic rings. The second kappa shape index (κ2) is 36.5. The number of nitrogens with one attached hydrogen (secondary N) is 4. The van der Waals surface area contributed by atoms with Gasteiger partial charge in [0.05, 0.1) is 106 Å². The van der Waals surface area contributed by atoms with E-state index in [1.165, 1.54) is 50.4 Å². The van der Waals surface area contributed by atoms with E-state index in [2.05, 4.69) is 21.3 Å². The van der Waals surface area contributed by atoms with Crippen LogP contribution in [0.3, 0.4) is 0 Å². The molecule has 30 heteroatoms. The summed E-state index contributed by atoms with van der Waals surface area (Å²) < 4.78 is 10.3. The number of ketones is 5. The lowest BCUT2D eigenvalue weighted by Gasteiger charge is -2.25. The quantitative estimate of drug-likeness (QED) is 0.0285. The molecule has 4 atom stereocenters. The van der Waals surface area contributed by atoms with E-state index in [-0.39, 0.29) is 95.9 Å². The van der Waals surface area contributed by atoms with Crippen molar-refractivity contribution < 1.29 is 83.0 Å². The summed E-state index contributed by atoms with van der Waals surface area (Å²) in [4.78, 5) is 126. The topological polar surface area (TPSA) is 342 Å². The number of rotatable bonds is 18. The largest absolute Gasteiger partial charge is 0.497 e. The highest BCUT2D eigenvalue weighted by atomic mass is 35.5. The lowest BCUT2D eigenvalue weighted by atomic mass is 9.77. The van der Waals surface area contributed by atoms with Crippen molar-refractivity contribution >= 4 is 185 Å². The van der Waals surface area contributed by atoms with Gasteiger partial charge in [-0.15, -0.1) is 0 Å². The van der Waals surface area contributed by atoms with Gasteiger partial charge in [-0.2, -0.15) is 0 Å². The number of likely N-dealkylation sites (N-methyl/N-ethyl adjacent to an activating group) is 1. The number of amides is 5. The highest BCUT2D eigenvalue weighted by Gasteiger charge is 2.54. The first-order valence-electron chi connectivity index (χ1n) is 36.2. The van der Waals surface area contributed by atoms with Crippen LogP contribution in [-0.2, 0) is 52.8 Å². The second-order valence-electron chi connectivity index (χ2n) is 28.4. The summed E-state index contributed by atoms with van der Waals surface area (Å²) in [6, 6.07) is 50.0. The fraction of sp³-hybridized carbons (Fsp3) is 0.191. The predicted octanol–water partition coefficient (Wildman–Crippen LogP) is 17.3. The van der Waals surface area contributed by atoms with E-state index < -0.39 is 71.7 Å². The van der Waals surface area contributed by atoms with Crippen LogP contribution in [0, 0.1) is 27.7 Å². The third-order valence-corrected chi connectivity index (χ3v) is 23.0. The third kappa shape index (κ3) is 18.0. The Balaban J connectivity index is 0.000000146. The zero-order chi connectivity index (χ0) is 86.7. The molecule has 5 aliphatic heterocycles. The monoisotopic (exact) mass is 1760 g/mol. The maximum atomic E-state index is 12.7. The van der Waals surface area contributed by atoms with Gasteiger partial charge in [0.15, 0.2) is 45.7 Å². The standard InChI is InChI=1S/C19H19NO5.C18H15Cl2NO4.C18H15Cl2NO3.C17H13Cl2NO3.C17H11Cl2NO2/c1-11-3-5-12(6-4-11)14(22)9-19(24)16-13(10-21)7-8-15(25-2)17(16)20-18(19)23;1-25-11-4-2-10(3-5-11)14(23)8-18(9-22)15-12(19)6-7-13(20)16(15)21-17(18)24;1-10-3-5-11(6-4-10)14(22)9-18(24)15-12(19)7-8-13(20)16(15)21(2)17(18)23;1-9-2-4-10(5-3-9)13(21)8-17(23)14-11(18)6-7-12(19)15(14)20-16(17)22;1-9-2-4-10(5-3-9)14(21)8-11-15-12(18)6-7-13(19)16(15)20-17(11)22/h3-8,21,24H,9-10H2,1-2H3,(H,20,23);2-7,22H,8-9H2,1H3,(H,21,24);3-8,24H,9H2,1-2H3;2-7,23H,8H2,1H3,(H,20,22);2-8H,1H3,(H,20,22)/b;;;;11-8-. The number of aliphatic hydroxyl groups excluding tert-OH is 2. The Morgan fingerprint density at radius 3 is 1.24 bits per heavy atom. The van der Waals surface area contributed by atoms with Crippen LogP contribution in [0.5, 0.6) is 11.5 Å². The Kier molecular flexibility index (Phi) is 27.4. The summed E-state index contributed by atoms with van der Waals surface area (Å²) in [5.41, 5.74) is 2.34. The number of carbonyl (C=O) groups excluding carboxylic acids is 10. The molecule has 612 valence electrons. The Morgan fingerprint density at radius 2 is 0.773 bits per heavy atom. The number of fused-ring (bicyclic) bond motifs is 5. The lowest BCUT2D eigenvalue weighted by molar-refractivity contribution is -0.135. The normalized spacial score (nSPS) is 18.3.